The van der Waals surface area contributed by atoms with Gasteiger partial charge in [0, 0.05) is 36.2 Å². The van der Waals surface area contributed by atoms with Crippen LogP contribution in [0.5, 0.6) is 0 Å². The molecule has 11 heteroatoms. The van der Waals surface area contributed by atoms with Gasteiger partial charge in [-0.2, -0.15) is 4.31 Å². The van der Waals surface area contributed by atoms with E-state index in [0.29, 0.717) is 18.8 Å². The summed E-state index contributed by atoms with van der Waals surface area (Å²) >= 11 is 3.25. The molecular weight excluding hydrogens is 518 g/mol. The number of hydrogen-bond acceptors (Lipinski definition) is 5. The van der Waals surface area contributed by atoms with Crippen molar-refractivity contribution >= 4 is 47.6 Å². The normalized spacial score (nSPS) is 12.1. The predicted octanol–water partition coefficient (Wildman–Crippen LogP) is 3.57. The largest absolute Gasteiger partial charge is 0.326 e. The molecule has 0 aromatic heterocycles. The van der Waals surface area contributed by atoms with E-state index in [1.165, 1.54) is 40.7 Å². The molecule has 2 N–H and O–H groups in total. The van der Waals surface area contributed by atoms with Crippen molar-refractivity contribution in [3.05, 3.63) is 53.0 Å². The minimum Gasteiger partial charge on any atom is -0.326 e. The molecule has 1 amide bonds. The lowest BCUT2D eigenvalue weighted by atomic mass is 10.3. The first-order chi connectivity index (χ1) is 15.1. The number of anilines is 1. The SMILES string of the molecule is CCCN(CCC)S(=O)(=O)c1ccc(NC(=O)CCNS(=O)(=O)c2ccc(Br)cc2)cc1. The fourth-order valence-electron chi connectivity index (χ4n) is 2.93. The molecule has 0 atom stereocenters. The zero-order valence-corrected chi connectivity index (χ0v) is 21.3. The fourth-order valence-corrected chi connectivity index (χ4v) is 5.85. The lowest BCUT2D eigenvalue weighted by molar-refractivity contribution is -0.116. The highest BCUT2D eigenvalue weighted by Gasteiger charge is 2.23. The van der Waals surface area contributed by atoms with Gasteiger partial charge in [0.2, 0.25) is 26.0 Å². The maximum absolute atomic E-state index is 12.8. The first-order valence-corrected chi connectivity index (χ1v) is 14.0. The van der Waals surface area contributed by atoms with Crippen molar-refractivity contribution in [3.8, 4) is 0 Å². The molecule has 176 valence electrons. The molecule has 0 radical (unpaired) electrons. The molecule has 2 rings (SSSR count). The molecule has 0 aliphatic carbocycles. The number of hydrogen-bond donors (Lipinski definition) is 2. The Labute approximate surface area is 198 Å². The van der Waals surface area contributed by atoms with Crippen LogP contribution >= 0.6 is 15.9 Å². The highest BCUT2D eigenvalue weighted by Crippen LogP contribution is 2.19. The maximum Gasteiger partial charge on any atom is 0.243 e. The van der Waals surface area contributed by atoms with E-state index in [9.17, 15) is 21.6 Å². The van der Waals surface area contributed by atoms with E-state index in [1.54, 1.807) is 12.1 Å². The van der Waals surface area contributed by atoms with Crippen LogP contribution in [0.4, 0.5) is 5.69 Å². The van der Waals surface area contributed by atoms with E-state index in [4.69, 9.17) is 0 Å². The van der Waals surface area contributed by atoms with Crippen molar-refractivity contribution in [2.75, 3.05) is 25.0 Å². The Balaban J connectivity index is 1.93. The lowest BCUT2D eigenvalue weighted by Crippen LogP contribution is -2.32. The summed E-state index contributed by atoms with van der Waals surface area (Å²) in [6.07, 6.45) is 1.37. The predicted molar refractivity (Wildman–Crippen MR) is 128 cm³/mol. The van der Waals surface area contributed by atoms with Crippen LogP contribution in [0.2, 0.25) is 0 Å². The van der Waals surface area contributed by atoms with Gasteiger partial charge < -0.3 is 5.32 Å². The second-order valence-corrected chi connectivity index (χ2v) is 11.7. The monoisotopic (exact) mass is 545 g/mol. The van der Waals surface area contributed by atoms with Crippen molar-refractivity contribution in [2.24, 2.45) is 0 Å². The summed E-state index contributed by atoms with van der Waals surface area (Å²) in [4.78, 5) is 12.4. The average molecular weight is 547 g/mol. The van der Waals surface area contributed by atoms with Crippen LogP contribution in [0.15, 0.2) is 62.8 Å². The molecule has 0 saturated carbocycles. The Morgan fingerprint density at radius 1 is 0.875 bits per heavy atom. The molecule has 0 heterocycles. The molecule has 0 aliphatic heterocycles. The maximum atomic E-state index is 12.8. The molecule has 0 saturated heterocycles. The molecule has 2 aromatic carbocycles. The molecule has 0 unspecified atom stereocenters. The molecule has 0 spiro atoms. The van der Waals surface area contributed by atoms with Crippen LogP contribution in [0, 0.1) is 0 Å². The summed E-state index contributed by atoms with van der Waals surface area (Å²) in [5, 5.41) is 2.65. The molecule has 8 nitrogen and oxygen atoms in total. The second kappa shape index (κ2) is 11.9. The summed E-state index contributed by atoms with van der Waals surface area (Å²) in [6.45, 7) is 4.68. The number of benzene rings is 2. The fraction of sp³-hybridized carbons (Fsp3) is 0.381. The third-order valence-electron chi connectivity index (χ3n) is 4.49. The van der Waals surface area contributed by atoms with Gasteiger partial charge in [-0.3, -0.25) is 4.79 Å². The molecule has 32 heavy (non-hydrogen) atoms. The van der Waals surface area contributed by atoms with Crippen LogP contribution in [0.3, 0.4) is 0 Å². The first-order valence-electron chi connectivity index (χ1n) is 10.3. The third kappa shape index (κ3) is 7.38. The van der Waals surface area contributed by atoms with Gasteiger partial charge in [-0.05, 0) is 61.4 Å². The van der Waals surface area contributed by atoms with Crippen LogP contribution in [0.1, 0.15) is 33.1 Å². The molecule has 0 aliphatic rings. The zero-order valence-electron chi connectivity index (χ0n) is 18.0. The Kier molecular flexibility index (Phi) is 9.83. The van der Waals surface area contributed by atoms with Gasteiger partial charge >= 0.3 is 0 Å². The van der Waals surface area contributed by atoms with Crippen LogP contribution < -0.4 is 10.0 Å². The molecule has 2 aromatic rings. The van der Waals surface area contributed by atoms with Crippen molar-refractivity contribution in [3.63, 3.8) is 0 Å². The average Bonchev–Trinajstić information content (AvgIpc) is 2.74. The van der Waals surface area contributed by atoms with Crippen molar-refractivity contribution in [1.82, 2.24) is 9.03 Å². The number of carbonyl (C=O) groups excluding carboxylic acids is 1. The van der Waals surface area contributed by atoms with Gasteiger partial charge in [-0.1, -0.05) is 29.8 Å². The molecule has 0 fully saturated rings. The summed E-state index contributed by atoms with van der Waals surface area (Å²) in [7, 11) is -7.30. The Bertz CT molecular complexity index is 1100. The number of halogens is 1. The number of carbonyl (C=O) groups is 1. The Morgan fingerprint density at radius 3 is 1.94 bits per heavy atom. The topological polar surface area (TPSA) is 113 Å². The van der Waals surface area contributed by atoms with Crippen LogP contribution in [0.25, 0.3) is 0 Å². The number of amides is 1. The van der Waals surface area contributed by atoms with E-state index in [-0.39, 0.29) is 22.8 Å². The number of rotatable bonds is 12. The molecular formula is C21H28BrN3O5S2. The highest BCUT2D eigenvalue weighted by atomic mass is 79.9. The second-order valence-electron chi connectivity index (χ2n) is 7.08. The van der Waals surface area contributed by atoms with Gasteiger partial charge in [-0.15, -0.1) is 0 Å². The van der Waals surface area contributed by atoms with Gasteiger partial charge in [-0.25, -0.2) is 21.6 Å². The molecule has 0 bridgehead atoms. The van der Waals surface area contributed by atoms with Gasteiger partial charge in [0.25, 0.3) is 0 Å². The van der Waals surface area contributed by atoms with Crippen LogP contribution in [-0.4, -0.2) is 46.7 Å². The van der Waals surface area contributed by atoms with E-state index < -0.39 is 26.0 Å². The zero-order chi connectivity index (χ0) is 23.8. The Morgan fingerprint density at radius 2 is 1.41 bits per heavy atom. The van der Waals surface area contributed by atoms with E-state index >= 15 is 0 Å². The number of sulfonamides is 2. The summed E-state index contributed by atoms with van der Waals surface area (Å²) < 4.78 is 54.7. The minimum absolute atomic E-state index is 0.0698. The van der Waals surface area contributed by atoms with E-state index in [2.05, 4.69) is 26.0 Å². The minimum atomic E-state index is -3.71. The number of nitrogens with zero attached hydrogens (tertiary/aromatic N) is 1. The lowest BCUT2D eigenvalue weighted by Gasteiger charge is -2.21. The summed E-state index contributed by atoms with van der Waals surface area (Å²) in [6, 6.07) is 12.1. The van der Waals surface area contributed by atoms with Crippen molar-refractivity contribution in [1.29, 1.82) is 0 Å². The number of nitrogens with one attached hydrogen (secondary N) is 2. The first kappa shape index (κ1) is 26.5. The highest BCUT2D eigenvalue weighted by molar-refractivity contribution is 9.10. The van der Waals surface area contributed by atoms with Crippen molar-refractivity contribution < 1.29 is 21.6 Å². The quantitative estimate of drug-likeness (QED) is 0.423. The third-order valence-corrected chi connectivity index (χ3v) is 8.41. The van der Waals surface area contributed by atoms with Crippen LogP contribution in [-0.2, 0) is 24.8 Å². The Hall–Kier alpha value is -1.79. The van der Waals surface area contributed by atoms with E-state index in [0.717, 1.165) is 17.3 Å². The smallest absolute Gasteiger partial charge is 0.243 e. The summed E-state index contributed by atoms with van der Waals surface area (Å²) in [5.74, 6) is -0.391. The van der Waals surface area contributed by atoms with Crippen molar-refractivity contribution in [2.45, 2.75) is 42.9 Å². The van der Waals surface area contributed by atoms with Gasteiger partial charge in [0.15, 0.2) is 0 Å². The summed E-state index contributed by atoms with van der Waals surface area (Å²) in [5.41, 5.74) is 0.433. The van der Waals surface area contributed by atoms with E-state index in [1.807, 2.05) is 13.8 Å². The van der Waals surface area contributed by atoms with Gasteiger partial charge in [0.05, 0.1) is 9.79 Å². The van der Waals surface area contributed by atoms with Gasteiger partial charge in [0.1, 0.15) is 0 Å². The standard InChI is InChI=1S/C21H28BrN3O5S2/c1-3-15-25(16-4-2)32(29,30)20-11-7-18(8-12-20)24-21(26)13-14-23-31(27,28)19-9-5-17(22)6-10-19/h5-12,23H,3-4,13-16H2,1-2H3,(H,24,26).